The lowest BCUT2D eigenvalue weighted by Gasteiger charge is -2.16. The van der Waals surface area contributed by atoms with Gasteiger partial charge in [-0.25, -0.2) is 12.7 Å². The van der Waals surface area contributed by atoms with Crippen LogP contribution in [0.15, 0.2) is 23.1 Å². The van der Waals surface area contributed by atoms with Gasteiger partial charge in [0.2, 0.25) is 0 Å². The fourth-order valence-electron chi connectivity index (χ4n) is 2.86. The molecule has 0 spiro atoms. The molecule has 0 bridgehead atoms. The number of hydrogen-bond acceptors (Lipinski definition) is 5. The number of anilines is 1. The lowest BCUT2D eigenvalue weighted by molar-refractivity contribution is 0.0842. The zero-order chi connectivity index (χ0) is 15.0. The number of hydrogen-bond donors (Lipinski definition) is 1. The molecular weight excluding hydrogens is 292 g/mol. The molecule has 0 radical (unpaired) electrons. The van der Waals surface area contributed by atoms with Crippen molar-refractivity contribution in [1.29, 1.82) is 0 Å². The Morgan fingerprint density at radius 3 is 2.90 bits per heavy atom. The molecule has 6 nitrogen and oxygen atoms in total. The van der Waals surface area contributed by atoms with E-state index in [9.17, 15) is 13.2 Å². The van der Waals surface area contributed by atoms with Gasteiger partial charge in [-0.05, 0) is 43.9 Å². The molecule has 0 saturated carbocycles. The molecule has 1 atom stereocenters. The minimum absolute atomic E-state index is 0.0545. The lowest BCUT2D eigenvalue weighted by atomic mass is 10.1. The number of ether oxygens (including phenoxy) is 1. The summed E-state index contributed by atoms with van der Waals surface area (Å²) in [6, 6.07) is 4.33. The van der Waals surface area contributed by atoms with Crippen LogP contribution in [0.1, 0.15) is 36.0 Å². The summed E-state index contributed by atoms with van der Waals surface area (Å²) in [5.74, 6) is -0.482. The van der Waals surface area contributed by atoms with Crippen molar-refractivity contribution in [1.82, 2.24) is 4.31 Å². The predicted molar refractivity (Wildman–Crippen MR) is 77.3 cm³/mol. The number of sulfonamides is 1. The number of amides is 1. The van der Waals surface area contributed by atoms with Crippen molar-refractivity contribution in [2.45, 2.75) is 36.7 Å². The first-order valence-corrected chi connectivity index (χ1v) is 8.52. The fraction of sp³-hybridized carbons (Fsp3) is 0.500. The SMILES string of the molecule is Nc1ccc2c(c1)C(=O)N(CCCC1CCCO1)S2(=O)=O. The van der Waals surface area contributed by atoms with Gasteiger partial charge in [0, 0.05) is 18.8 Å². The molecule has 2 aliphatic heterocycles. The molecule has 2 N–H and O–H groups in total. The van der Waals surface area contributed by atoms with Gasteiger partial charge in [0.15, 0.2) is 0 Å². The third-order valence-electron chi connectivity index (χ3n) is 3.94. The van der Waals surface area contributed by atoms with Crippen molar-refractivity contribution in [2.75, 3.05) is 18.9 Å². The molecule has 1 unspecified atom stereocenters. The Bertz CT molecular complexity index is 666. The van der Waals surface area contributed by atoms with E-state index in [1.165, 1.54) is 18.2 Å². The van der Waals surface area contributed by atoms with Crippen LogP contribution in [0, 0.1) is 0 Å². The summed E-state index contributed by atoms with van der Waals surface area (Å²) in [5, 5.41) is 0. The molecule has 1 saturated heterocycles. The lowest BCUT2D eigenvalue weighted by Crippen LogP contribution is -2.31. The first-order chi connectivity index (χ1) is 10.00. The van der Waals surface area contributed by atoms with Gasteiger partial charge in [-0.1, -0.05) is 0 Å². The van der Waals surface area contributed by atoms with Crippen molar-refractivity contribution in [3.05, 3.63) is 23.8 Å². The van der Waals surface area contributed by atoms with E-state index in [0.717, 1.165) is 30.2 Å². The summed E-state index contributed by atoms with van der Waals surface area (Å²) >= 11 is 0. The van der Waals surface area contributed by atoms with Gasteiger partial charge in [-0.3, -0.25) is 4.79 Å². The summed E-state index contributed by atoms with van der Waals surface area (Å²) in [4.78, 5) is 12.3. The molecule has 7 heteroatoms. The van der Waals surface area contributed by atoms with E-state index in [4.69, 9.17) is 10.5 Å². The number of nitrogens with zero attached hydrogens (tertiary/aromatic N) is 1. The quantitative estimate of drug-likeness (QED) is 0.848. The smallest absolute Gasteiger partial charge is 0.269 e. The van der Waals surface area contributed by atoms with Crippen LogP contribution in [0.4, 0.5) is 5.69 Å². The van der Waals surface area contributed by atoms with Gasteiger partial charge in [-0.2, -0.15) is 0 Å². The highest BCUT2D eigenvalue weighted by Crippen LogP contribution is 2.32. The molecule has 0 aliphatic carbocycles. The summed E-state index contributed by atoms with van der Waals surface area (Å²) < 4.78 is 31.2. The monoisotopic (exact) mass is 310 g/mol. The molecule has 2 heterocycles. The van der Waals surface area contributed by atoms with E-state index in [-0.39, 0.29) is 23.1 Å². The normalized spacial score (nSPS) is 23.5. The highest BCUT2D eigenvalue weighted by Gasteiger charge is 2.40. The van der Waals surface area contributed by atoms with Crippen molar-refractivity contribution in [3.63, 3.8) is 0 Å². The standard InChI is InChI=1S/C14H18N2O4S/c15-10-5-6-13-12(9-10)14(17)16(21(13,18)19)7-1-3-11-4-2-8-20-11/h5-6,9,11H,1-4,7-8,15H2. The number of fused-ring (bicyclic) bond motifs is 1. The average molecular weight is 310 g/mol. The number of nitrogen functional groups attached to an aromatic ring is 1. The summed E-state index contributed by atoms with van der Waals surface area (Å²) in [6.45, 7) is 0.964. The van der Waals surface area contributed by atoms with Crippen LogP contribution in [0.25, 0.3) is 0 Å². The predicted octanol–water partition coefficient (Wildman–Crippen LogP) is 1.37. The van der Waals surface area contributed by atoms with Crippen molar-refractivity contribution in [3.8, 4) is 0 Å². The first kappa shape index (κ1) is 14.3. The van der Waals surface area contributed by atoms with Gasteiger partial charge in [0.25, 0.3) is 15.9 Å². The van der Waals surface area contributed by atoms with Crippen LogP contribution < -0.4 is 5.73 Å². The summed E-state index contributed by atoms with van der Waals surface area (Å²) in [5.41, 5.74) is 6.19. The highest BCUT2D eigenvalue weighted by molar-refractivity contribution is 7.90. The van der Waals surface area contributed by atoms with Crippen molar-refractivity contribution in [2.24, 2.45) is 0 Å². The van der Waals surface area contributed by atoms with Gasteiger partial charge in [-0.15, -0.1) is 0 Å². The van der Waals surface area contributed by atoms with E-state index in [1.54, 1.807) is 0 Å². The zero-order valence-electron chi connectivity index (χ0n) is 11.6. The Morgan fingerprint density at radius 2 is 2.19 bits per heavy atom. The third-order valence-corrected chi connectivity index (χ3v) is 5.78. The second-order valence-electron chi connectivity index (χ2n) is 5.42. The van der Waals surface area contributed by atoms with Crippen molar-refractivity contribution >= 4 is 21.6 Å². The van der Waals surface area contributed by atoms with Gasteiger partial charge in [0.1, 0.15) is 4.90 Å². The second-order valence-corrected chi connectivity index (χ2v) is 7.25. The molecule has 3 rings (SSSR count). The van der Waals surface area contributed by atoms with Crippen LogP contribution in [-0.4, -0.2) is 37.9 Å². The van der Waals surface area contributed by atoms with Crippen LogP contribution in [0.3, 0.4) is 0 Å². The Balaban J connectivity index is 1.73. The highest BCUT2D eigenvalue weighted by atomic mass is 32.2. The summed E-state index contributed by atoms with van der Waals surface area (Å²) in [6.07, 6.45) is 3.65. The molecule has 1 amide bonds. The topological polar surface area (TPSA) is 89.7 Å². The maximum Gasteiger partial charge on any atom is 0.269 e. The molecule has 21 heavy (non-hydrogen) atoms. The average Bonchev–Trinajstić information content (AvgIpc) is 3.00. The largest absolute Gasteiger partial charge is 0.399 e. The zero-order valence-corrected chi connectivity index (χ0v) is 12.4. The van der Waals surface area contributed by atoms with Crippen LogP contribution >= 0.6 is 0 Å². The molecule has 0 aromatic heterocycles. The number of carbonyl (C=O) groups excluding carboxylic acids is 1. The number of benzene rings is 1. The number of carbonyl (C=O) groups is 1. The van der Waals surface area contributed by atoms with Gasteiger partial charge >= 0.3 is 0 Å². The minimum Gasteiger partial charge on any atom is -0.399 e. The van der Waals surface area contributed by atoms with E-state index in [2.05, 4.69) is 0 Å². The van der Waals surface area contributed by atoms with Crippen molar-refractivity contribution < 1.29 is 17.9 Å². The first-order valence-electron chi connectivity index (χ1n) is 7.08. The maximum atomic E-state index is 12.4. The second kappa shape index (κ2) is 5.31. The molecular formula is C14H18N2O4S. The minimum atomic E-state index is -3.72. The molecule has 2 aliphatic rings. The fourth-order valence-corrected chi connectivity index (χ4v) is 4.45. The van der Waals surface area contributed by atoms with Crippen LogP contribution in [0.5, 0.6) is 0 Å². The molecule has 114 valence electrons. The number of rotatable bonds is 4. The third kappa shape index (κ3) is 2.51. The Hall–Kier alpha value is -1.60. The maximum absolute atomic E-state index is 12.4. The van der Waals surface area contributed by atoms with E-state index >= 15 is 0 Å². The Labute approximate surface area is 123 Å². The van der Waals surface area contributed by atoms with E-state index in [0.29, 0.717) is 12.1 Å². The van der Waals surface area contributed by atoms with Crippen LogP contribution in [0.2, 0.25) is 0 Å². The van der Waals surface area contributed by atoms with Gasteiger partial charge in [0.05, 0.1) is 11.7 Å². The number of nitrogens with two attached hydrogens (primary N) is 1. The molecule has 1 aromatic rings. The Kier molecular flexibility index (Phi) is 3.62. The molecule has 1 aromatic carbocycles. The van der Waals surface area contributed by atoms with Gasteiger partial charge < -0.3 is 10.5 Å². The van der Waals surface area contributed by atoms with Crippen LogP contribution in [-0.2, 0) is 14.8 Å². The Morgan fingerprint density at radius 1 is 1.38 bits per heavy atom. The molecule has 1 fully saturated rings. The van der Waals surface area contributed by atoms with E-state index in [1.807, 2.05) is 0 Å². The summed E-state index contributed by atoms with van der Waals surface area (Å²) in [7, 11) is -3.72. The van der Waals surface area contributed by atoms with E-state index < -0.39 is 15.9 Å².